The van der Waals surface area contributed by atoms with E-state index in [4.69, 9.17) is 9.84 Å². The van der Waals surface area contributed by atoms with Crippen molar-refractivity contribution in [1.82, 2.24) is 15.1 Å². The van der Waals surface area contributed by atoms with E-state index in [1.54, 1.807) is 6.92 Å². The normalized spacial score (nSPS) is 17.8. The van der Waals surface area contributed by atoms with Crippen LogP contribution in [0.25, 0.3) is 0 Å². The lowest BCUT2D eigenvalue weighted by atomic mass is 10.3. The Morgan fingerprint density at radius 1 is 1.42 bits per heavy atom. The van der Waals surface area contributed by atoms with Crippen LogP contribution >= 0.6 is 0 Å². The second kappa shape index (κ2) is 7.96. The number of hydrogen-bond acceptors (Lipinski definition) is 4. The molecule has 0 aromatic carbocycles. The summed E-state index contributed by atoms with van der Waals surface area (Å²) in [5.41, 5.74) is 0. The summed E-state index contributed by atoms with van der Waals surface area (Å²) in [5.74, 6) is -1.00. The van der Waals surface area contributed by atoms with Crippen LogP contribution in [0.15, 0.2) is 0 Å². The zero-order chi connectivity index (χ0) is 14.3. The monoisotopic (exact) mass is 273 g/mol. The van der Waals surface area contributed by atoms with Gasteiger partial charge in [0.25, 0.3) is 0 Å². The van der Waals surface area contributed by atoms with Gasteiger partial charge in [0, 0.05) is 32.2 Å². The van der Waals surface area contributed by atoms with Gasteiger partial charge in [0.2, 0.25) is 0 Å². The van der Waals surface area contributed by atoms with E-state index in [0.29, 0.717) is 6.54 Å². The van der Waals surface area contributed by atoms with Crippen molar-refractivity contribution in [2.24, 2.45) is 0 Å². The molecule has 1 aliphatic rings. The Labute approximate surface area is 113 Å². The summed E-state index contributed by atoms with van der Waals surface area (Å²) < 4.78 is 5.26. The lowest BCUT2D eigenvalue weighted by Gasteiger charge is -2.30. The van der Waals surface area contributed by atoms with Crippen LogP contribution in [0, 0.1) is 0 Å². The van der Waals surface area contributed by atoms with Crippen molar-refractivity contribution >= 4 is 12.0 Å². The molecule has 1 heterocycles. The SMILES string of the molecule is CCN(CC(=O)O)C(=O)NC(C)CN1CCOCC1. The molecule has 7 nitrogen and oxygen atoms in total. The topological polar surface area (TPSA) is 82.1 Å². The molecule has 0 saturated carbocycles. The van der Waals surface area contributed by atoms with Gasteiger partial charge in [-0.05, 0) is 13.8 Å². The van der Waals surface area contributed by atoms with Crippen molar-refractivity contribution < 1.29 is 19.4 Å². The number of rotatable bonds is 6. The van der Waals surface area contributed by atoms with Gasteiger partial charge in [-0.3, -0.25) is 9.69 Å². The number of carbonyl (C=O) groups is 2. The molecule has 1 saturated heterocycles. The van der Waals surface area contributed by atoms with Crippen molar-refractivity contribution in [3.8, 4) is 0 Å². The predicted molar refractivity (Wildman–Crippen MR) is 70.1 cm³/mol. The van der Waals surface area contributed by atoms with Crippen LogP contribution in [0.5, 0.6) is 0 Å². The van der Waals surface area contributed by atoms with Gasteiger partial charge in [0.1, 0.15) is 6.54 Å². The molecular weight excluding hydrogens is 250 g/mol. The summed E-state index contributed by atoms with van der Waals surface area (Å²) >= 11 is 0. The molecule has 0 bridgehead atoms. The Hall–Kier alpha value is -1.34. The van der Waals surface area contributed by atoms with Crippen LogP contribution < -0.4 is 5.32 Å². The Kier molecular flexibility index (Phi) is 6.58. The zero-order valence-electron chi connectivity index (χ0n) is 11.6. The molecule has 0 spiro atoms. The fraction of sp³-hybridized carbons (Fsp3) is 0.833. The molecule has 1 fully saturated rings. The second-order valence-corrected chi connectivity index (χ2v) is 4.67. The Morgan fingerprint density at radius 3 is 2.58 bits per heavy atom. The predicted octanol–water partition coefficient (Wildman–Crippen LogP) is -0.177. The maximum atomic E-state index is 11.9. The number of ether oxygens (including phenoxy) is 1. The van der Waals surface area contributed by atoms with Gasteiger partial charge in [-0.25, -0.2) is 4.79 Å². The molecule has 2 amide bonds. The van der Waals surface area contributed by atoms with Gasteiger partial charge < -0.3 is 20.1 Å². The quantitative estimate of drug-likeness (QED) is 0.702. The van der Waals surface area contributed by atoms with Crippen LogP contribution in [0.1, 0.15) is 13.8 Å². The van der Waals surface area contributed by atoms with Gasteiger partial charge in [-0.15, -0.1) is 0 Å². The van der Waals surface area contributed by atoms with Gasteiger partial charge >= 0.3 is 12.0 Å². The highest BCUT2D eigenvalue weighted by Crippen LogP contribution is 1.99. The number of carboxylic acids is 1. The van der Waals surface area contributed by atoms with E-state index in [1.807, 2.05) is 6.92 Å². The van der Waals surface area contributed by atoms with Crippen molar-refractivity contribution in [1.29, 1.82) is 0 Å². The third-order valence-corrected chi connectivity index (χ3v) is 3.00. The van der Waals surface area contributed by atoms with Crippen LogP contribution in [0.2, 0.25) is 0 Å². The molecule has 0 aliphatic carbocycles. The van der Waals surface area contributed by atoms with Crippen LogP contribution in [0.4, 0.5) is 4.79 Å². The van der Waals surface area contributed by atoms with Gasteiger partial charge in [0.15, 0.2) is 0 Å². The molecule has 19 heavy (non-hydrogen) atoms. The zero-order valence-corrected chi connectivity index (χ0v) is 11.6. The minimum absolute atomic E-state index is 0.0200. The summed E-state index contributed by atoms with van der Waals surface area (Å²) in [5, 5.41) is 11.5. The first-order valence-corrected chi connectivity index (χ1v) is 6.60. The van der Waals surface area contributed by atoms with Crippen molar-refractivity contribution in [3.63, 3.8) is 0 Å². The number of morpholine rings is 1. The fourth-order valence-corrected chi connectivity index (χ4v) is 2.01. The first-order valence-electron chi connectivity index (χ1n) is 6.60. The van der Waals surface area contributed by atoms with E-state index in [0.717, 1.165) is 32.8 Å². The summed E-state index contributed by atoms with van der Waals surface area (Å²) in [7, 11) is 0. The molecule has 0 aromatic rings. The lowest BCUT2D eigenvalue weighted by molar-refractivity contribution is -0.137. The molecule has 1 aliphatic heterocycles. The number of hydrogen-bond donors (Lipinski definition) is 2. The minimum atomic E-state index is -1.00. The molecule has 110 valence electrons. The average molecular weight is 273 g/mol. The van der Waals surface area contributed by atoms with Crippen LogP contribution in [-0.4, -0.2) is 78.9 Å². The molecule has 7 heteroatoms. The Balaban J connectivity index is 2.34. The number of urea groups is 1. The smallest absolute Gasteiger partial charge is 0.323 e. The maximum absolute atomic E-state index is 11.9. The van der Waals surface area contributed by atoms with Gasteiger partial charge in [-0.2, -0.15) is 0 Å². The lowest BCUT2D eigenvalue weighted by Crippen LogP contribution is -2.50. The largest absolute Gasteiger partial charge is 0.480 e. The molecule has 2 N–H and O–H groups in total. The first kappa shape index (κ1) is 15.7. The molecule has 0 aromatic heterocycles. The van der Waals surface area contributed by atoms with Crippen LogP contribution in [0.3, 0.4) is 0 Å². The summed E-state index contributed by atoms with van der Waals surface area (Å²) in [4.78, 5) is 26.0. The Morgan fingerprint density at radius 2 is 2.05 bits per heavy atom. The van der Waals surface area contributed by atoms with Crippen molar-refractivity contribution in [2.45, 2.75) is 19.9 Å². The number of amides is 2. The Bertz CT molecular complexity index is 305. The van der Waals surface area contributed by atoms with E-state index in [1.165, 1.54) is 4.90 Å². The first-order chi connectivity index (χ1) is 9.02. The van der Waals surface area contributed by atoms with E-state index < -0.39 is 5.97 Å². The third kappa shape index (κ3) is 5.89. The minimum Gasteiger partial charge on any atom is -0.480 e. The van der Waals surface area contributed by atoms with Crippen molar-refractivity contribution in [2.75, 3.05) is 45.9 Å². The number of carboxylic acid groups (broad SMARTS) is 1. The average Bonchev–Trinajstić information content (AvgIpc) is 2.36. The molecule has 1 rings (SSSR count). The third-order valence-electron chi connectivity index (χ3n) is 3.00. The standard InChI is InChI=1S/C12H23N3O4/c1-3-15(9-11(16)17)12(18)13-10(2)8-14-4-6-19-7-5-14/h10H,3-9H2,1-2H3,(H,13,18)(H,16,17). The van der Waals surface area contributed by atoms with E-state index in [2.05, 4.69) is 10.2 Å². The van der Waals surface area contributed by atoms with E-state index >= 15 is 0 Å². The van der Waals surface area contributed by atoms with Gasteiger partial charge in [-0.1, -0.05) is 0 Å². The maximum Gasteiger partial charge on any atom is 0.323 e. The molecule has 0 radical (unpaired) electrons. The number of nitrogens with zero attached hydrogens (tertiary/aromatic N) is 2. The number of carbonyl (C=O) groups excluding carboxylic acids is 1. The van der Waals surface area contributed by atoms with Gasteiger partial charge in [0.05, 0.1) is 13.2 Å². The number of aliphatic carboxylic acids is 1. The second-order valence-electron chi connectivity index (χ2n) is 4.67. The molecular formula is C12H23N3O4. The number of likely N-dealkylation sites (N-methyl/N-ethyl adjacent to an activating group) is 1. The van der Waals surface area contributed by atoms with E-state index in [-0.39, 0.29) is 18.6 Å². The highest BCUT2D eigenvalue weighted by molar-refractivity contribution is 5.80. The van der Waals surface area contributed by atoms with Crippen LogP contribution in [-0.2, 0) is 9.53 Å². The summed E-state index contributed by atoms with van der Waals surface area (Å²) in [6.45, 7) is 7.72. The fourth-order valence-electron chi connectivity index (χ4n) is 2.01. The summed E-state index contributed by atoms with van der Waals surface area (Å²) in [6, 6.07) is -0.348. The molecule has 1 atom stereocenters. The highest BCUT2D eigenvalue weighted by Gasteiger charge is 2.19. The van der Waals surface area contributed by atoms with E-state index in [9.17, 15) is 9.59 Å². The highest BCUT2D eigenvalue weighted by atomic mass is 16.5. The molecule has 1 unspecified atom stereocenters. The number of nitrogens with one attached hydrogen (secondary N) is 1. The summed E-state index contributed by atoms with van der Waals surface area (Å²) in [6.07, 6.45) is 0. The van der Waals surface area contributed by atoms with Crippen molar-refractivity contribution in [3.05, 3.63) is 0 Å².